The van der Waals surface area contributed by atoms with Gasteiger partial charge in [-0.1, -0.05) is 19.9 Å². The lowest BCUT2D eigenvalue weighted by atomic mass is 10.2. The van der Waals surface area contributed by atoms with E-state index < -0.39 is 0 Å². The Bertz CT molecular complexity index is 624. The molecule has 150 valence electrons. The van der Waals surface area contributed by atoms with Crippen molar-refractivity contribution in [3.8, 4) is 0 Å². The van der Waals surface area contributed by atoms with Crippen LogP contribution in [0.3, 0.4) is 0 Å². The number of nitrogens with one attached hydrogen (secondary N) is 2. The third-order valence-electron chi connectivity index (χ3n) is 5.47. The molecule has 7 heteroatoms. The Kier molecular flexibility index (Phi) is 7.13. The molecule has 2 N–H and O–H groups in total. The quantitative estimate of drug-likeness (QED) is 0.577. The monoisotopic (exact) mass is 391 g/mol. The maximum Gasteiger partial charge on any atom is 0.225 e. The van der Waals surface area contributed by atoms with Crippen molar-refractivity contribution in [2.24, 2.45) is 10.9 Å². The van der Waals surface area contributed by atoms with Crippen LogP contribution < -0.4 is 10.6 Å². The van der Waals surface area contributed by atoms with Crippen LogP contribution in [0.2, 0.25) is 0 Å². The van der Waals surface area contributed by atoms with Crippen molar-refractivity contribution in [2.75, 3.05) is 39.8 Å². The van der Waals surface area contributed by atoms with Crippen molar-refractivity contribution in [1.29, 1.82) is 0 Å². The molecule has 2 saturated heterocycles. The summed E-state index contributed by atoms with van der Waals surface area (Å²) in [5.74, 6) is 1.14. The number of nitrogens with zero attached hydrogens (tertiary/aromatic N) is 3. The van der Waals surface area contributed by atoms with Gasteiger partial charge in [-0.15, -0.1) is 11.3 Å². The fraction of sp³-hybridized carbons (Fsp3) is 0.700. The Balaban J connectivity index is 1.53. The van der Waals surface area contributed by atoms with Crippen LogP contribution in [0.25, 0.3) is 0 Å². The van der Waals surface area contributed by atoms with Crippen LogP contribution in [0.5, 0.6) is 0 Å². The molecule has 6 nitrogen and oxygen atoms in total. The van der Waals surface area contributed by atoms with Gasteiger partial charge >= 0.3 is 0 Å². The van der Waals surface area contributed by atoms with Crippen molar-refractivity contribution in [2.45, 2.75) is 45.2 Å². The van der Waals surface area contributed by atoms with Gasteiger partial charge in [-0.3, -0.25) is 14.7 Å². The number of hydrogen-bond donors (Lipinski definition) is 2. The van der Waals surface area contributed by atoms with E-state index in [1.165, 1.54) is 30.8 Å². The first-order chi connectivity index (χ1) is 13.1. The first kappa shape index (κ1) is 20.1. The molecule has 2 atom stereocenters. The lowest BCUT2D eigenvalue weighted by molar-refractivity contribution is -0.133. The summed E-state index contributed by atoms with van der Waals surface area (Å²) in [5.41, 5.74) is 0. The van der Waals surface area contributed by atoms with Crippen LogP contribution in [-0.2, 0) is 4.79 Å². The summed E-state index contributed by atoms with van der Waals surface area (Å²) >= 11 is 1.83. The Morgan fingerprint density at radius 1 is 1.33 bits per heavy atom. The molecule has 2 aliphatic rings. The fourth-order valence-electron chi connectivity index (χ4n) is 3.97. The number of carbonyl (C=O) groups excluding carboxylic acids is 1. The third kappa shape index (κ3) is 5.23. The minimum absolute atomic E-state index is 0.0632. The molecule has 1 aromatic heterocycles. The first-order valence-electron chi connectivity index (χ1n) is 10.1. The lowest BCUT2D eigenvalue weighted by Crippen LogP contribution is -2.47. The van der Waals surface area contributed by atoms with Crippen molar-refractivity contribution in [3.63, 3.8) is 0 Å². The van der Waals surface area contributed by atoms with Crippen LogP contribution in [0.15, 0.2) is 22.5 Å². The molecule has 0 radical (unpaired) electrons. The molecule has 1 aromatic rings. The van der Waals surface area contributed by atoms with E-state index in [0.29, 0.717) is 6.04 Å². The van der Waals surface area contributed by atoms with E-state index in [-0.39, 0.29) is 17.9 Å². The van der Waals surface area contributed by atoms with Gasteiger partial charge in [0.05, 0.1) is 6.04 Å². The summed E-state index contributed by atoms with van der Waals surface area (Å²) < 4.78 is 0. The van der Waals surface area contributed by atoms with Gasteiger partial charge in [0.2, 0.25) is 5.91 Å². The predicted octanol–water partition coefficient (Wildman–Crippen LogP) is 2.31. The van der Waals surface area contributed by atoms with E-state index >= 15 is 0 Å². The Morgan fingerprint density at radius 2 is 2.11 bits per heavy atom. The minimum atomic E-state index is 0.0632. The van der Waals surface area contributed by atoms with Crippen molar-refractivity contribution >= 4 is 23.2 Å². The average Bonchev–Trinajstić information content (AvgIpc) is 3.42. The molecule has 0 spiro atoms. The van der Waals surface area contributed by atoms with Crippen molar-refractivity contribution in [1.82, 2.24) is 20.4 Å². The van der Waals surface area contributed by atoms with Gasteiger partial charge in [0, 0.05) is 43.5 Å². The SMILES string of the molecule is CN=C(NCC(c1cccs1)N1CCCC1)NC1CCN(C(=O)C(C)C)C1. The Morgan fingerprint density at radius 3 is 2.74 bits per heavy atom. The summed E-state index contributed by atoms with van der Waals surface area (Å²) in [6, 6.07) is 5.03. The predicted molar refractivity (Wildman–Crippen MR) is 112 cm³/mol. The van der Waals surface area contributed by atoms with E-state index in [0.717, 1.165) is 32.0 Å². The molecule has 3 heterocycles. The third-order valence-corrected chi connectivity index (χ3v) is 6.45. The number of thiophene rings is 1. The molecule has 3 rings (SSSR count). The Hall–Kier alpha value is -1.60. The van der Waals surface area contributed by atoms with Crippen LogP contribution in [0.4, 0.5) is 0 Å². The largest absolute Gasteiger partial charge is 0.354 e. The highest BCUT2D eigenvalue weighted by Crippen LogP contribution is 2.27. The first-order valence-corrected chi connectivity index (χ1v) is 11.0. The highest BCUT2D eigenvalue weighted by atomic mass is 32.1. The molecule has 0 aliphatic carbocycles. The van der Waals surface area contributed by atoms with E-state index in [1.54, 1.807) is 0 Å². The lowest BCUT2D eigenvalue weighted by Gasteiger charge is -2.28. The number of hydrogen-bond acceptors (Lipinski definition) is 4. The van der Waals surface area contributed by atoms with E-state index in [4.69, 9.17) is 0 Å². The standard InChI is InChI=1S/C20H33N5OS/c1-15(2)19(26)25-11-8-16(14-25)23-20(21-3)22-13-17(18-7-6-12-27-18)24-9-4-5-10-24/h6-7,12,15-17H,4-5,8-11,13-14H2,1-3H3,(H2,21,22,23). The van der Waals surface area contributed by atoms with Crippen molar-refractivity contribution < 1.29 is 4.79 Å². The molecule has 27 heavy (non-hydrogen) atoms. The second-order valence-corrected chi connectivity index (χ2v) is 8.78. The summed E-state index contributed by atoms with van der Waals surface area (Å²) in [4.78, 5) is 22.6. The van der Waals surface area contributed by atoms with Gasteiger partial charge < -0.3 is 15.5 Å². The molecule has 0 bridgehead atoms. The molecule has 2 unspecified atom stereocenters. The smallest absolute Gasteiger partial charge is 0.225 e. The number of aliphatic imine (C=N–C) groups is 1. The zero-order chi connectivity index (χ0) is 19.2. The second kappa shape index (κ2) is 9.55. The van der Waals surface area contributed by atoms with Gasteiger partial charge in [-0.25, -0.2) is 0 Å². The summed E-state index contributed by atoms with van der Waals surface area (Å²) in [5, 5.41) is 9.20. The van der Waals surface area contributed by atoms with Crippen LogP contribution >= 0.6 is 11.3 Å². The molecule has 2 aliphatic heterocycles. The summed E-state index contributed by atoms with van der Waals surface area (Å²) in [6.45, 7) is 8.71. The van der Waals surface area contributed by atoms with Gasteiger partial charge in [0.25, 0.3) is 0 Å². The number of likely N-dealkylation sites (tertiary alicyclic amines) is 2. The number of carbonyl (C=O) groups is 1. The second-order valence-electron chi connectivity index (χ2n) is 7.80. The number of amides is 1. The topological polar surface area (TPSA) is 60.0 Å². The normalized spacial score (nSPS) is 22.4. The number of guanidine groups is 1. The van der Waals surface area contributed by atoms with Gasteiger partial charge in [0.1, 0.15) is 0 Å². The average molecular weight is 392 g/mol. The van der Waals surface area contributed by atoms with Crippen LogP contribution in [-0.4, -0.2) is 67.5 Å². The zero-order valence-corrected chi connectivity index (χ0v) is 17.6. The van der Waals surface area contributed by atoms with Gasteiger partial charge in [-0.05, 0) is 43.8 Å². The highest BCUT2D eigenvalue weighted by Gasteiger charge is 2.29. The maximum atomic E-state index is 12.2. The van der Waals surface area contributed by atoms with E-state index in [9.17, 15) is 4.79 Å². The fourth-order valence-corrected chi connectivity index (χ4v) is 4.83. The van der Waals surface area contributed by atoms with Crippen LogP contribution in [0.1, 0.15) is 44.0 Å². The summed E-state index contributed by atoms with van der Waals surface area (Å²) in [7, 11) is 1.82. The van der Waals surface area contributed by atoms with E-state index in [1.807, 2.05) is 37.1 Å². The maximum absolute atomic E-state index is 12.2. The van der Waals surface area contributed by atoms with Crippen LogP contribution in [0, 0.1) is 5.92 Å². The van der Waals surface area contributed by atoms with Gasteiger partial charge in [-0.2, -0.15) is 0 Å². The molecular formula is C20H33N5OS. The zero-order valence-electron chi connectivity index (χ0n) is 16.8. The van der Waals surface area contributed by atoms with E-state index in [2.05, 4.69) is 38.0 Å². The Labute approximate surface area is 167 Å². The number of rotatable bonds is 6. The molecule has 2 fully saturated rings. The van der Waals surface area contributed by atoms with Gasteiger partial charge in [0.15, 0.2) is 5.96 Å². The van der Waals surface area contributed by atoms with Crippen molar-refractivity contribution in [3.05, 3.63) is 22.4 Å². The summed E-state index contributed by atoms with van der Waals surface area (Å²) in [6.07, 6.45) is 3.55. The highest BCUT2D eigenvalue weighted by molar-refractivity contribution is 7.10. The molecule has 1 amide bonds. The molecular weight excluding hydrogens is 358 g/mol. The molecule has 0 aromatic carbocycles. The molecule has 0 saturated carbocycles. The minimum Gasteiger partial charge on any atom is -0.354 e.